The number of rotatable bonds is 2. The molecule has 142 valence electrons. The van der Waals surface area contributed by atoms with Crippen molar-refractivity contribution in [3.05, 3.63) is 11.6 Å². The average Bonchev–Trinajstić information content (AvgIpc) is 2.77. The van der Waals surface area contributed by atoms with Crippen LogP contribution >= 0.6 is 0 Å². The van der Waals surface area contributed by atoms with Crippen molar-refractivity contribution in [3.63, 3.8) is 0 Å². The Morgan fingerprint density at radius 3 is 2.68 bits per heavy atom. The molecule has 0 N–H and O–H groups in total. The number of allylic oxidation sites excluding steroid dienone is 2. The smallest absolute Gasteiger partial charge is 0.306 e. The third-order valence-electron chi connectivity index (χ3n) is 6.05. The lowest BCUT2D eigenvalue weighted by molar-refractivity contribution is -0.152. The molecule has 0 aromatic rings. The molecule has 3 rings (SSSR count). The summed E-state index contributed by atoms with van der Waals surface area (Å²) < 4.78 is 12.3. The first-order valence-electron chi connectivity index (χ1n) is 10.3. The number of esters is 1. The van der Waals surface area contributed by atoms with E-state index in [0.29, 0.717) is 12.3 Å². The zero-order chi connectivity index (χ0) is 17.6. The first-order chi connectivity index (χ1) is 12.1. The van der Waals surface area contributed by atoms with Crippen LogP contribution in [0, 0.1) is 5.92 Å². The summed E-state index contributed by atoms with van der Waals surface area (Å²) in [5.74, 6) is 0.268. The van der Waals surface area contributed by atoms with Crippen molar-refractivity contribution < 1.29 is 14.3 Å². The van der Waals surface area contributed by atoms with Gasteiger partial charge in [-0.25, -0.2) is 0 Å². The largest absolute Gasteiger partial charge is 0.459 e. The van der Waals surface area contributed by atoms with Crippen molar-refractivity contribution in [2.24, 2.45) is 5.92 Å². The van der Waals surface area contributed by atoms with Crippen LogP contribution in [0.1, 0.15) is 71.6 Å². The number of fused-ring (bicyclic) bond motifs is 1. The first-order valence-corrected chi connectivity index (χ1v) is 10.3. The third-order valence-corrected chi connectivity index (χ3v) is 6.05. The molecule has 0 aromatic heterocycles. The molecule has 4 unspecified atom stereocenters. The molecule has 2 saturated heterocycles. The molecular formula is C21H35NO3. The van der Waals surface area contributed by atoms with Gasteiger partial charge in [0.15, 0.2) is 0 Å². The van der Waals surface area contributed by atoms with E-state index in [0.717, 1.165) is 45.3 Å². The van der Waals surface area contributed by atoms with E-state index in [1.165, 1.54) is 31.3 Å². The summed E-state index contributed by atoms with van der Waals surface area (Å²) >= 11 is 0. The Balaban J connectivity index is 1.73. The summed E-state index contributed by atoms with van der Waals surface area (Å²) in [7, 11) is 0. The predicted octanol–water partition coefficient (Wildman–Crippen LogP) is 4.09. The van der Waals surface area contributed by atoms with E-state index in [1.807, 2.05) is 0 Å². The van der Waals surface area contributed by atoms with Crippen LogP contribution in [0.4, 0.5) is 0 Å². The Labute approximate surface area is 152 Å². The minimum atomic E-state index is -0.0656. The Bertz CT molecular complexity index is 468. The Morgan fingerprint density at radius 2 is 1.92 bits per heavy atom. The third kappa shape index (κ3) is 5.55. The lowest BCUT2D eigenvalue weighted by atomic mass is 9.90. The minimum absolute atomic E-state index is 0.0166. The molecule has 4 nitrogen and oxygen atoms in total. The van der Waals surface area contributed by atoms with Gasteiger partial charge in [0, 0.05) is 12.5 Å². The van der Waals surface area contributed by atoms with Gasteiger partial charge in [0.25, 0.3) is 0 Å². The highest BCUT2D eigenvalue weighted by molar-refractivity contribution is 5.72. The summed E-state index contributed by atoms with van der Waals surface area (Å²) in [5, 5.41) is 0. The molecule has 4 atom stereocenters. The molecule has 2 fully saturated rings. The van der Waals surface area contributed by atoms with Crippen LogP contribution in [0.15, 0.2) is 11.6 Å². The fourth-order valence-electron chi connectivity index (χ4n) is 4.52. The molecule has 0 saturated carbocycles. The van der Waals surface area contributed by atoms with Gasteiger partial charge < -0.3 is 14.4 Å². The normalized spacial score (nSPS) is 35.9. The Hall–Kier alpha value is -0.870. The Morgan fingerprint density at radius 1 is 1.16 bits per heavy atom. The van der Waals surface area contributed by atoms with Crippen LogP contribution in [-0.2, 0) is 14.3 Å². The maximum atomic E-state index is 12.0. The molecule has 3 heterocycles. The minimum Gasteiger partial charge on any atom is -0.459 e. The van der Waals surface area contributed by atoms with Gasteiger partial charge in [-0.05, 0) is 65.5 Å². The standard InChI is InChI=1S/C21H35NO3/c1-16-8-7-9-17(2)24-19(15-22-12-5-3-4-6-13-22)21-18(11-10-16)14-20(23)25-21/h8,17-19,21H,3-7,9-15H2,1-2H3. The second-order valence-corrected chi connectivity index (χ2v) is 8.29. The van der Waals surface area contributed by atoms with E-state index < -0.39 is 0 Å². The van der Waals surface area contributed by atoms with Gasteiger partial charge in [-0.15, -0.1) is 0 Å². The number of ether oxygens (including phenoxy) is 2. The molecule has 0 spiro atoms. The summed E-state index contributed by atoms with van der Waals surface area (Å²) in [4.78, 5) is 14.6. The molecule has 3 aliphatic rings. The lowest BCUT2D eigenvalue weighted by Gasteiger charge is -2.33. The number of hydrogen-bond acceptors (Lipinski definition) is 4. The molecule has 0 amide bonds. The van der Waals surface area contributed by atoms with E-state index in [9.17, 15) is 4.79 Å². The fourth-order valence-corrected chi connectivity index (χ4v) is 4.52. The van der Waals surface area contributed by atoms with Crippen molar-refractivity contribution in [2.45, 2.75) is 89.9 Å². The number of likely N-dealkylation sites (tertiary alicyclic amines) is 1. The predicted molar refractivity (Wildman–Crippen MR) is 99.5 cm³/mol. The summed E-state index contributed by atoms with van der Waals surface area (Å²) in [6, 6.07) is 0. The second kappa shape index (κ2) is 9.18. The SMILES string of the molecule is CC1=CCCC(C)OC(CN2CCCCCC2)C2OC(=O)CC2CC1. The van der Waals surface area contributed by atoms with Gasteiger partial charge in [0.05, 0.1) is 12.5 Å². The molecule has 0 bridgehead atoms. The zero-order valence-electron chi connectivity index (χ0n) is 16.0. The first kappa shape index (κ1) is 18.9. The molecule has 4 heteroatoms. The van der Waals surface area contributed by atoms with E-state index in [1.54, 1.807) is 0 Å². The van der Waals surface area contributed by atoms with E-state index >= 15 is 0 Å². The van der Waals surface area contributed by atoms with Gasteiger partial charge >= 0.3 is 5.97 Å². The van der Waals surface area contributed by atoms with Gasteiger partial charge in [0.2, 0.25) is 0 Å². The summed E-state index contributed by atoms with van der Waals surface area (Å²) in [6.07, 6.45) is 12.5. The van der Waals surface area contributed by atoms with E-state index in [-0.39, 0.29) is 24.3 Å². The number of nitrogens with zero attached hydrogens (tertiary/aromatic N) is 1. The number of carbonyl (C=O) groups excluding carboxylic acids is 1. The zero-order valence-corrected chi connectivity index (χ0v) is 16.0. The fraction of sp³-hybridized carbons (Fsp3) is 0.857. The number of carbonyl (C=O) groups is 1. The topological polar surface area (TPSA) is 38.8 Å². The van der Waals surface area contributed by atoms with Crippen LogP contribution in [0.5, 0.6) is 0 Å². The molecule has 0 aliphatic carbocycles. The molecule has 25 heavy (non-hydrogen) atoms. The highest BCUT2D eigenvalue weighted by atomic mass is 16.6. The monoisotopic (exact) mass is 349 g/mol. The van der Waals surface area contributed by atoms with Crippen LogP contribution < -0.4 is 0 Å². The summed E-state index contributed by atoms with van der Waals surface area (Å²) in [5.41, 5.74) is 1.44. The van der Waals surface area contributed by atoms with Crippen LogP contribution in [0.25, 0.3) is 0 Å². The average molecular weight is 350 g/mol. The quantitative estimate of drug-likeness (QED) is 0.556. The number of hydrogen-bond donors (Lipinski definition) is 0. The van der Waals surface area contributed by atoms with Gasteiger partial charge in [-0.3, -0.25) is 4.79 Å². The van der Waals surface area contributed by atoms with Gasteiger partial charge in [-0.2, -0.15) is 0 Å². The highest BCUT2D eigenvalue weighted by Crippen LogP contribution is 2.33. The van der Waals surface area contributed by atoms with Crippen LogP contribution in [0.3, 0.4) is 0 Å². The molecule has 3 aliphatic heterocycles. The maximum absolute atomic E-state index is 12.0. The maximum Gasteiger partial charge on any atom is 0.306 e. The second-order valence-electron chi connectivity index (χ2n) is 8.29. The van der Waals surface area contributed by atoms with Crippen molar-refractivity contribution in [3.8, 4) is 0 Å². The van der Waals surface area contributed by atoms with Crippen molar-refractivity contribution in [2.75, 3.05) is 19.6 Å². The van der Waals surface area contributed by atoms with Gasteiger partial charge in [0.1, 0.15) is 12.2 Å². The van der Waals surface area contributed by atoms with Crippen molar-refractivity contribution in [1.82, 2.24) is 4.90 Å². The molecule has 0 radical (unpaired) electrons. The van der Waals surface area contributed by atoms with Crippen molar-refractivity contribution >= 4 is 5.97 Å². The molecular weight excluding hydrogens is 314 g/mol. The van der Waals surface area contributed by atoms with Crippen LogP contribution in [0.2, 0.25) is 0 Å². The molecule has 0 aromatic carbocycles. The van der Waals surface area contributed by atoms with Gasteiger partial charge in [-0.1, -0.05) is 24.5 Å². The lowest BCUT2D eigenvalue weighted by Crippen LogP contribution is -2.45. The van der Waals surface area contributed by atoms with Crippen molar-refractivity contribution in [1.29, 1.82) is 0 Å². The highest BCUT2D eigenvalue weighted by Gasteiger charge is 2.41. The van der Waals surface area contributed by atoms with Crippen LogP contribution in [-0.4, -0.2) is 48.8 Å². The van der Waals surface area contributed by atoms with E-state index in [2.05, 4.69) is 24.8 Å². The summed E-state index contributed by atoms with van der Waals surface area (Å²) in [6.45, 7) is 7.60. The Kier molecular flexibility index (Phi) is 6.94. The van der Waals surface area contributed by atoms with E-state index in [4.69, 9.17) is 9.47 Å².